The Labute approximate surface area is 81.7 Å². The molecule has 0 aromatic heterocycles. The number of aldehydes is 1. The molecule has 0 aliphatic rings. The highest BCUT2D eigenvalue weighted by Crippen LogP contribution is 2.20. The van der Waals surface area contributed by atoms with Crippen LogP contribution in [-0.4, -0.2) is 6.29 Å². The van der Waals surface area contributed by atoms with Crippen LogP contribution < -0.4 is 0 Å². The Balaban J connectivity index is 3.32. The first kappa shape index (κ1) is 10.8. The zero-order valence-electron chi connectivity index (χ0n) is 8.23. The zero-order valence-corrected chi connectivity index (χ0v) is 8.23. The summed E-state index contributed by atoms with van der Waals surface area (Å²) < 4.78 is 26.5. The van der Waals surface area contributed by atoms with Crippen molar-refractivity contribution >= 4 is 6.29 Å². The smallest absolute Gasteiger partial charge is 0.169 e. The van der Waals surface area contributed by atoms with E-state index in [4.69, 9.17) is 0 Å². The molecular formula is C11H12F2O. The van der Waals surface area contributed by atoms with Gasteiger partial charge in [-0.1, -0.05) is 19.4 Å². The van der Waals surface area contributed by atoms with Gasteiger partial charge in [0, 0.05) is 0 Å². The lowest BCUT2D eigenvalue weighted by Gasteiger charge is -2.07. The van der Waals surface area contributed by atoms with Gasteiger partial charge in [0.2, 0.25) is 0 Å². The van der Waals surface area contributed by atoms with Gasteiger partial charge in [-0.3, -0.25) is 4.79 Å². The van der Waals surface area contributed by atoms with E-state index in [9.17, 15) is 13.6 Å². The minimum atomic E-state index is -1.02. The van der Waals surface area contributed by atoms with Crippen molar-refractivity contribution in [3.05, 3.63) is 34.4 Å². The van der Waals surface area contributed by atoms with E-state index < -0.39 is 11.6 Å². The molecule has 0 radical (unpaired) electrons. The third kappa shape index (κ3) is 1.81. The molecule has 0 unspecified atom stereocenters. The maximum Gasteiger partial charge on any atom is 0.169 e. The molecule has 0 bridgehead atoms. The van der Waals surface area contributed by atoms with Crippen molar-refractivity contribution in [2.75, 3.05) is 0 Å². The highest BCUT2D eigenvalue weighted by molar-refractivity contribution is 5.77. The van der Waals surface area contributed by atoms with Gasteiger partial charge in [0.25, 0.3) is 0 Å². The molecule has 0 atom stereocenters. The van der Waals surface area contributed by atoms with Gasteiger partial charge in [0.1, 0.15) is 0 Å². The second-order valence-electron chi connectivity index (χ2n) is 3.26. The standard InChI is InChI=1S/C11H12F2O/c1-3-4-8-5-7(2)9(6-14)11(13)10(8)12/h5-6H,3-4H2,1-2H3. The monoisotopic (exact) mass is 198 g/mol. The maximum absolute atomic E-state index is 13.3. The Morgan fingerprint density at radius 3 is 2.50 bits per heavy atom. The van der Waals surface area contributed by atoms with Crippen LogP contribution in [0.3, 0.4) is 0 Å². The summed E-state index contributed by atoms with van der Waals surface area (Å²) in [5.41, 5.74) is 0.651. The number of hydrogen-bond donors (Lipinski definition) is 0. The van der Waals surface area contributed by atoms with Crippen molar-refractivity contribution < 1.29 is 13.6 Å². The molecule has 1 rings (SSSR count). The van der Waals surface area contributed by atoms with Crippen LogP contribution in [0.25, 0.3) is 0 Å². The molecular weight excluding hydrogens is 186 g/mol. The largest absolute Gasteiger partial charge is 0.298 e. The first-order valence-electron chi connectivity index (χ1n) is 4.54. The Morgan fingerprint density at radius 2 is 2.00 bits per heavy atom. The Hall–Kier alpha value is -1.25. The highest BCUT2D eigenvalue weighted by Gasteiger charge is 2.14. The van der Waals surface area contributed by atoms with Crippen molar-refractivity contribution in [1.29, 1.82) is 0 Å². The lowest BCUT2D eigenvalue weighted by molar-refractivity contribution is 0.111. The molecule has 1 nitrogen and oxygen atoms in total. The average molecular weight is 198 g/mol. The van der Waals surface area contributed by atoms with Crippen LogP contribution in [0.5, 0.6) is 0 Å². The number of aryl methyl sites for hydroxylation is 2. The lowest BCUT2D eigenvalue weighted by atomic mass is 10.0. The molecule has 0 spiro atoms. The van der Waals surface area contributed by atoms with E-state index in [1.54, 1.807) is 6.92 Å². The van der Waals surface area contributed by atoms with Crippen LogP contribution in [0.2, 0.25) is 0 Å². The molecule has 0 saturated carbocycles. The minimum absolute atomic E-state index is 0.178. The predicted octanol–water partition coefficient (Wildman–Crippen LogP) is 3.04. The van der Waals surface area contributed by atoms with Gasteiger partial charge in [-0.2, -0.15) is 0 Å². The summed E-state index contributed by atoms with van der Waals surface area (Å²) in [7, 11) is 0. The quantitative estimate of drug-likeness (QED) is 0.682. The van der Waals surface area contributed by atoms with Crippen LogP contribution in [0.15, 0.2) is 6.07 Å². The Morgan fingerprint density at radius 1 is 1.36 bits per heavy atom. The predicted molar refractivity (Wildman–Crippen MR) is 50.5 cm³/mol. The molecule has 0 fully saturated rings. The molecule has 1 aromatic rings. The number of carbonyl (C=O) groups excluding carboxylic acids is 1. The van der Waals surface area contributed by atoms with Crippen molar-refractivity contribution in [3.63, 3.8) is 0 Å². The topological polar surface area (TPSA) is 17.1 Å². The van der Waals surface area contributed by atoms with Crippen LogP contribution in [0.1, 0.15) is 34.8 Å². The molecule has 0 N–H and O–H groups in total. The van der Waals surface area contributed by atoms with E-state index >= 15 is 0 Å². The van der Waals surface area contributed by atoms with Crippen LogP contribution in [0.4, 0.5) is 8.78 Å². The number of halogens is 2. The van der Waals surface area contributed by atoms with Crippen molar-refractivity contribution in [2.24, 2.45) is 0 Å². The second-order valence-corrected chi connectivity index (χ2v) is 3.26. The van der Waals surface area contributed by atoms with E-state index in [1.807, 2.05) is 6.92 Å². The highest BCUT2D eigenvalue weighted by atomic mass is 19.2. The molecule has 0 aliphatic heterocycles. The maximum atomic E-state index is 13.3. The number of hydrogen-bond acceptors (Lipinski definition) is 1. The number of benzene rings is 1. The Bertz CT molecular complexity index is 359. The van der Waals surface area contributed by atoms with Gasteiger partial charge < -0.3 is 0 Å². The third-order valence-corrected chi connectivity index (χ3v) is 2.16. The molecule has 76 valence electrons. The summed E-state index contributed by atoms with van der Waals surface area (Å²) in [6, 6.07) is 1.53. The summed E-state index contributed by atoms with van der Waals surface area (Å²) in [5.74, 6) is -1.91. The van der Waals surface area contributed by atoms with Crippen LogP contribution in [0, 0.1) is 18.6 Å². The van der Waals surface area contributed by atoms with E-state index in [1.165, 1.54) is 6.07 Å². The summed E-state index contributed by atoms with van der Waals surface area (Å²) in [6.07, 6.45) is 1.59. The van der Waals surface area contributed by atoms with Gasteiger partial charge in [0.15, 0.2) is 17.9 Å². The fourth-order valence-electron chi connectivity index (χ4n) is 1.43. The van der Waals surface area contributed by atoms with Gasteiger partial charge >= 0.3 is 0 Å². The van der Waals surface area contributed by atoms with Crippen molar-refractivity contribution in [2.45, 2.75) is 26.7 Å². The minimum Gasteiger partial charge on any atom is -0.298 e. The van der Waals surface area contributed by atoms with Gasteiger partial charge in [-0.15, -0.1) is 0 Å². The summed E-state index contributed by atoms with van der Waals surface area (Å²) in [6.45, 7) is 3.49. The molecule has 0 saturated heterocycles. The molecule has 1 aromatic carbocycles. The number of carbonyl (C=O) groups is 1. The van der Waals surface area contributed by atoms with Gasteiger partial charge in [-0.25, -0.2) is 8.78 Å². The third-order valence-electron chi connectivity index (χ3n) is 2.16. The van der Waals surface area contributed by atoms with Gasteiger partial charge in [0.05, 0.1) is 5.56 Å². The molecule has 0 amide bonds. The van der Waals surface area contributed by atoms with Crippen molar-refractivity contribution in [1.82, 2.24) is 0 Å². The molecule has 0 heterocycles. The van der Waals surface area contributed by atoms with E-state index in [2.05, 4.69) is 0 Å². The normalized spacial score (nSPS) is 10.3. The van der Waals surface area contributed by atoms with Crippen molar-refractivity contribution in [3.8, 4) is 0 Å². The second kappa shape index (κ2) is 4.31. The van der Waals surface area contributed by atoms with Crippen LogP contribution in [-0.2, 0) is 6.42 Å². The summed E-state index contributed by atoms with van der Waals surface area (Å²) >= 11 is 0. The number of rotatable bonds is 3. The fraction of sp³-hybridized carbons (Fsp3) is 0.364. The summed E-state index contributed by atoms with van der Waals surface area (Å²) in [4.78, 5) is 10.5. The molecule has 14 heavy (non-hydrogen) atoms. The summed E-state index contributed by atoms with van der Waals surface area (Å²) in [5, 5.41) is 0. The molecule has 3 heteroatoms. The SMILES string of the molecule is CCCc1cc(C)c(C=O)c(F)c1F. The average Bonchev–Trinajstić information content (AvgIpc) is 2.15. The first-order valence-corrected chi connectivity index (χ1v) is 4.54. The lowest BCUT2D eigenvalue weighted by Crippen LogP contribution is -2.02. The van der Waals surface area contributed by atoms with Gasteiger partial charge in [-0.05, 0) is 24.5 Å². The van der Waals surface area contributed by atoms with E-state index in [-0.39, 0.29) is 5.56 Å². The van der Waals surface area contributed by atoms with E-state index in [0.717, 1.165) is 6.42 Å². The first-order chi connectivity index (χ1) is 6.61. The Kier molecular flexibility index (Phi) is 3.33. The van der Waals surface area contributed by atoms with Crippen LogP contribution >= 0.6 is 0 Å². The fourth-order valence-corrected chi connectivity index (χ4v) is 1.43. The molecule has 0 aliphatic carbocycles. The zero-order chi connectivity index (χ0) is 10.7. The van der Waals surface area contributed by atoms with E-state index in [0.29, 0.717) is 23.8 Å².